The maximum absolute atomic E-state index is 14.2. The highest BCUT2D eigenvalue weighted by Crippen LogP contribution is 2.27. The van der Waals surface area contributed by atoms with Crippen LogP contribution in [0.25, 0.3) is 0 Å². The first-order chi connectivity index (χ1) is 14.7. The molecule has 0 radical (unpaired) electrons. The summed E-state index contributed by atoms with van der Waals surface area (Å²) in [6.45, 7) is 2.01. The zero-order chi connectivity index (χ0) is 22.6. The van der Waals surface area contributed by atoms with E-state index in [1.165, 1.54) is 18.2 Å². The third-order valence-corrected chi connectivity index (χ3v) is 6.03. The highest BCUT2D eigenvalue weighted by Gasteiger charge is 2.26. The summed E-state index contributed by atoms with van der Waals surface area (Å²) in [5, 5.41) is 0. The molecule has 1 N–H and O–H groups in total. The molecule has 31 heavy (non-hydrogen) atoms. The van der Waals surface area contributed by atoms with Gasteiger partial charge >= 0.3 is 11.9 Å². The number of carbonyl (C=O) groups excluding carboxylic acids is 2. The van der Waals surface area contributed by atoms with Gasteiger partial charge in [0.25, 0.3) is 10.0 Å². The lowest BCUT2D eigenvalue weighted by Crippen LogP contribution is -2.36. The maximum Gasteiger partial charge on any atom is 0.339 e. The van der Waals surface area contributed by atoms with Crippen LogP contribution in [-0.2, 0) is 24.2 Å². The van der Waals surface area contributed by atoms with Gasteiger partial charge in [0.1, 0.15) is 10.7 Å². The molecule has 2 aromatic carbocycles. The van der Waals surface area contributed by atoms with Crippen LogP contribution in [0.3, 0.4) is 0 Å². The Balaban J connectivity index is 2.01. The molecule has 0 amide bonds. The number of carbonyl (C=O) groups is 2. The van der Waals surface area contributed by atoms with Gasteiger partial charge in [-0.25, -0.2) is 22.4 Å². The number of anilines is 2. The number of hydrogen-bond donors (Lipinski definition) is 1. The molecular formula is C20H21FN2O7S. The number of morpholine rings is 1. The fourth-order valence-corrected chi connectivity index (χ4v) is 4.38. The minimum Gasteiger partial charge on any atom is -0.465 e. The molecule has 0 aliphatic carbocycles. The summed E-state index contributed by atoms with van der Waals surface area (Å²) in [6.07, 6.45) is 0. The van der Waals surface area contributed by atoms with E-state index in [0.717, 1.165) is 32.4 Å². The quantitative estimate of drug-likeness (QED) is 0.663. The van der Waals surface area contributed by atoms with Crippen molar-refractivity contribution >= 4 is 33.3 Å². The van der Waals surface area contributed by atoms with Crippen molar-refractivity contribution in [2.45, 2.75) is 4.90 Å². The molecule has 0 unspecified atom stereocenters. The largest absolute Gasteiger partial charge is 0.465 e. The van der Waals surface area contributed by atoms with E-state index >= 15 is 0 Å². The Morgan fingerprint density at radius 3 is 2.35 bits per heavy atom. The number of nitrogens with one attached hydrogen (secondary N) is 1. The van der Waals surface area contributed by atoms with Crippen molar-refractivity contribution in [2.75, 3.05) is 50.1 Å². The fourth-order valence-electron chi connectivity index (χ4n) is 3.12. The summed E-state index contributed by atoms with van der Waals surface area (Å²) >= 11 is 0. The molecule has 1 fully saturated rings. The maximum atomic E-state index is 14.2. The van der Waals surface area contributed by atoms with Gasteiger partial charge in [-0.1, -0.05) is 0 Å². The molecule has 1 saturated heterocycles. The molecule has 9 nitrogen and oxygen atoms in total. The van der Waals surface area contributed by atoms with Gasteiger partial charge in [0.15, 0.2) is 0 Å². The van der Waals surface area contributed by atoms with Crippen LogP contribution in [0.2, 0.25) is 0 Å². The van der Waals surface area contributed by atoms with Gasteiger partial charge in [-0.2, -0.15) is 0 Å². The summed E-state index contributed by atoms with van der Waals surface area (Å²) in [5.74, 6) is -2.34. The number of esters is 2. The molecule has 0 bridgehead atoms. The summed E-state index contributed by atoms with van der Waals surface area (Å²) in [7, 11) is -2.16. The Kier molecular flexibility index (Phi) is 6.76. The lowest BCUT2D eigenvalue weighted by molar-refractivity contribution is 0.0583. The van der Waals surface area contributed by atoms with Gasteiger partial charge in [0.2, 0.25) is 0 Å². The Labute approximate surface area is 178 Å². The number of ether oxygens (including phenoxy) is 3. The molecule has 1 heterocycles. The Bertz CT molecular complexity index is 1100. The van der Waals surface area contributed by atoms with Crippen LogP contribution in [-0.4, -0.2) is 60.9 Å². The van der Waals surface area contributed by atoms with Crippen LogP contribution in [0.15, 0.2) is 41.3 Å². The van der Waals surface area contributed by atoms with Gasteiger partial charge in [0, 0.05) is 18.8 Å². The molecule has 3 rings (SSSR count). The topological polar surface area (TPSA) is 111 Å². The van der Waals surface area contributed by atoms with Crippen molar-refractivity contribution < 1.29 is 36.6 Å². The first-order valence-corrected chi connectivity index (χ1v) is 10.7. The molecule has 1 aliphatic rings. The SMILES string of the molecule is COC(=O)c1ccc(C(=O)OC)c(S(=O)(=O)Nc2cc(F)cc(N3CCOCC3)c2)c1. The van der Waals surface area contributed by atoms with E-state index in [9.17, 15) is 22.4 Å². The summed E-state index contributed by atoms with van der Waals surface area (Å²) in [4.78, 5) is 25.3. The molecule has 0 aromatic heterocycles. The Hall–Kier alpha value is -3.18. The lowest BCUT2D eigenvalue weighted by Gasteiger charge is -2.29. The third kappa shape index (κ3) is 5.12. The standard InChI is InChI=1S/C20H21FN2O7S/c1-28-19(24)13-3-4-17(20(25)29-2)18(9-13)31(26,27)22-15-10-14(21)11-16(12-15)23-5-7-30-8-6-23/h3-4,9-12,22H,5-8H2,1-2H3. The van der Waals surface area contributed by atoms with E-state index in [4.69, 9.17) is 4.74 Å². The van der Waals surface area contributed by atoms with Crippen molar-refractivity contribution in [3.63, 3.8) is 0 Å². The van der Waals surface area contributed by atoms with Crippen molar-refractivity contribution in [1.29, 1.82) is 0 Å². The van der Waals surface area contributed by atoms with E-state index in [1.807, 2.05) is 4.90 Å². The average Bonchev–Trinajstić information content (AvgIpc) is 2.77. The molecule has 0 saturated carbocycles. The summed E-state index contributed by atoms with van der Waals surface area (Å²) in [5.41, 5.74) is 0.0783. The van der Waals surface area contributed by atoms with E-state index in [-0.39, 0.29) is 16.8 Å². The normalized spacial score (nSPS) is 14.1. The van der Waals surface area contributed by atoms with Crippen LogP contribution in [0.5, 0.6) is 0 Å². The third-order valence-electron chi connectivity index (χ3n) is 4.61. The monoisotopic (exact) mass is 452 g/mol. The molecule has 166 valence electrons. The van der Waals surface area contributed by atoms with E-state index in [0.29, 0.717) is 32.0 Å². The lowest BCUT2D eigenvalue weighted by atomic mass is 10.1. The number of halogens is 1. The van der Waals surface area contributed by atoms with E-state index in [1.54, 1.807) is 0 Å². The van der Waals surface area contributed by atoms with Crippen molar-refractivity contribution in [3.05, 3.63) is 53.3 Å². The van der Waals surface area contributed by atoms with Crippen molar-refractivity contribution in [1.82, 2.24) is 0 Å². The van der Waals surface area contributed by atoms with Gasteiger partial charge in [0.05, 0.1) is 44.2 Å². The minimum absolute atomic E-state index is 0.0409. The van der Waals surface area contributed by atoms with Crippen LogP contribution >= 0.6 is 0 Å². The van der Waals surface area contributed by atoms with Crippen molar-refractivity contribution in [2.24, 2.45) is 0 Å². The molecule has 11 heteroatoms. The molecule has 2 aromatic rings. The molecular weight excluding hydrogens is 431 g/mol. The zero-order valence-corrected chi connectivity index (χ0v) is 17.7. The first-order valence-electron chi connectivity index (χ1n) is 9.22. The van der Waals surface area contributed by atoms with Crippen LogP contribution in [0.1, 0.15) is 20.7 Å². The highest BCUT2D eigenvalue weighted by molar-refractivity contribution is 7.92. The van der Waals surface area contributed by atoms with E-state index in [2.05, 4.69) is 14.2 Å². The molecule has 0 spiro atoms. The number of hydrogen-bond acceptors (Lipinski definition) is 8. The second-order valence-electron chi connectivity index (χ2n) is 6.60. The fraction of sp³-hybridized carbons (Fsp3) is 0.300. The zero-order valence-electron chi connectivity index (χ0n) is 16.9. The van der Waals surface area contributed by atoms with Gasteiger partial charge in [-0.05, 0) is 36.4 Å². The second-order valence-corrected chi connectivity index (χ2v) is 8.25. The summed E-state index contributed by atoms with van der Waals surface area (Å²) in [6, 6.07) is 7.19. The number of methoxy groups -OCH3 is 2. The van der Waals surface area contributed by atoms with Gasteiger partial charge in [-0.3, -0.25) is 4.72 Å². The number of sulfonamides is 1. The molecule has 0 atom stereocenters. The van der Waals surface area contributed by atoms with E-state index < -0.39 is 32.7 Å². The second kappa shape index (κ2) is 9.31. The highest BCUT2D eigenvalue weighted by atomic mass is 32.2. The summed E-state index contributed by atoms with van der Waals surface area (Å²) < 4.78 is 57.2. The average molecular weight is 452 g/mol. The Morgan fingerprint density at radius 1 is 1.03 bits per heavy atom. The predicted octanol–water partition coefficient (Wildman–Crippen LogP) is 2.04. The molecule has 1 aliphatic heterocycles. The first kappa shape index (κ1) is 22.5. The van der Waals surface area contributed by atoms with Gasteiger partial charge in [-0.15, -0.1) is 0 Å². The Morgan fingerprint density at radius 2 is 1.71 bits per heavy atom. The van der Waals surface area contributed by atoms with Crippen molar-refractivity contribution in [3.8, 4) is 0 Å². The number of nitrogens with zero attached hydrogens (tertiary/aromatic N) is 1. The minimum atomic E-state index is -4.40. The van der Waals surface area contributed by atoms with Crippen LogP contribution < -0.4 is 9.62 Å². The smallest absolute Gasteiger partial charge is 0.339 e. The number of benzene rings is 2. The van der Waals surface area contributed by atoms with Gasteiger partial charge < -0.3 is 19.1 Å². The van der Waals surface area contributed by atoms with Crippen LogP contribution in [0, 0.1) is 5.82 Å². The predicted molar refractivity (Wildman–Crippen MR) is 109 cm³/mol. The number of rotatable bonds is 6. The van der Waals surface area contributed by atoms with Crippen LogP contribution in [0.4, 0.5) is 15.8 Å².